The van der Waals surface area contributed by atoms with Crippen LogP contribution in [0.1, 0.15) is 50.5 Å². The van der Waals surface area contributed by atoms with Crippen LogP contribution < -0.4 is 16.4 Å². The van der Waals surface area contributed by atoms with Crippen molar-refractivity contribution in [2.75, 3.05) is 13.1 Å². The lowest BCUT2D eigenvalue weighted by molar-refractivity contribution is -0.132. The standard InChI is InChI=1S/C26H36N4O3/c27-25-29-26(20-9-3-1-4-10-20,21-11-5-2-6-12-21)24(33)30(25)18-8-7-17-28-23(32)19-13-15-22(31)16-14-19/h1-5,9-11,15,19,23,25,28-29,31-32H,6-8,12-14,16-18,27H2. The molecule has 4 unspecified atom stereocenters. The Hall–Kier alpha value is -2.45. The maximum absolute atomic E-state index is 13.8. The first-order chi connectivity index (χ1) is 16.0. The number of benzene rings is 1. The lowest BCUT2D eigenvalue weighted by Crippen LogP contribution is -2.48. The van der Waals surface area contributed by atoms with Gasteiger partial charge in [-0.2, -0.15) is 0 Å². The molecule has 3 aliphatic rings. The monoisotopic (exact) mass is 452 g/mol. The number of nitrogens with two attached hydrogens (primary N) is 1. The van der Waals surface area contributed by atoms with Gasteiger partial charge in [0.15, 0.2) is 0 Å². The minimum Gasteiger partial charge on any atom is -0.513 e. The first kappa shape index (κ1) is 23.7. The van der Waals surface area contributed by atoms with Crippen LogP contribution in [0.5, 0.6) is 0 Å². The van der Waals surface area contributed by atoms with Crippen LogP contribution in [0, 0.1) is 5.92 Å². The average molecular weight is 453 g/mol. The molecular weight excluding hydrogens is 416 g/mol. The van der Waals surface area contributed by atoms with Gasteiger partial charge < -0.3 is 15.1 Å². The molecule has 2 aliphatic carbocycles. The van der Waals surface area contributed by atoms with Crippen LogP contribution in [-0.4, -0.2) is 46.6 Å². The Morgan fingerprint density at radius 1 is 1.24 bits per heavy atom. The molecule has 33 heavy (non-hydrogen) atoms. The van der Waals surface area contributed by atoms with E-state index in [1.54, 1.807) is 11.0 Å². The summed E-state index contributed by atoms with van der Waals surface area (Å²) in [5, 5.41) is 26.5. The topological polar surface area (TPSA) is 111 Å². The summed E-state index contributed by atoms with van der Waals surface area (Å²) in [5.74, 6) is 0.554. The van der Waals surface area contributed by atoms with Crippen LogP contribution >= 0.6 is 0 Å². The van der Waals surface area contributed by atoms with Gasteiger partial charge in [0.25, 0.3) is 5.91 Å². The second kappa shape index (κ2) is 10.7. The Balaban J connectivity index is 1.35. The fourth-order valence-corrected chi connectivity index (χ4v) is 5.12. The molecule has 0 bridgehead atoms. The normalized spacial score (nSPS) is 28.5. The molecule has 1 aromatic carbocycles. The summed E-state index contributed by atoms with van der Waals surface area (Å²) in [4.78, 5) is 15.5. The zero-order valence-electron chi connectivity index (χ0n) is 19.1. The van der Waals surface area contributed by atoms with Crippen LogP contribution in [0.2, 0.25) is 0 Å². The van der Waals surface area contributed by atoms with E-state index < -0.39 is 18.1 Å². The van der Waals surface area contributed by atoms with E-state index in [0.717, 1.165) is 43.2 Å². The molecule has 6 N–H and O–H groups in total. The predicted molar refractivity (Wildman–Crippen MR) is 129 cm³/mol. The number of nitrogens with one attached hydrogen (secondary N) is 2. The van der Waals surface area contributed by atoms with Gasteiger partial charge in [-0.05, 0) is 62.3 Å². The molecule has 1 aliphatic heterocycles. The lowest BCUT2D eigenvalue weighted by Gasteiger charge is -2.32. The van der Waals surface area contributed by atoms with Crippen molar-refractivity contribution >= 4 is 5.91 Å². The number of aliphatic hydroxyl groups excluding tert-OH is 2. The molecule has 0 aromatic heterocycles. The highest BCUT2D eigenvalue weighted by molar-refractivity contribution is 5.93. The van der Waals surface area contributed by atoms with Gasteiger partial charge >= 0.3 is 0 Å². The molecule has 4 atom stereocenters. The van der Waals surface area contributed by atoms with Crippen molar-refractivity contribution in [3.8, 4) is 0 Å². The number of unbranched alkanes of at least 4 members (excludes halogenated alkanes) is 1. The molecule has 1 fully saturated rings. The molecule has 1 amide bonds. The van der Waals surface area contributed by atoms with Gasteiger partial charge in [-0.25, -0.2) is 0 Å². The molecule has 7 heteroatoms. The second-order valence-corrected chi connectivity index (χ2v) is 9.20. The smallest absolute Gasteiger partial charge is 0.254 e. The van der Waals surface area contributed by atoms with Crippen molar-refractivity contribution in [2.45, 2.75) is 63.0 Å². The zero-order valence-corrected chi connectivity index (χ0v) is 19.1. The number of amides is 1. The van der Waals surface area contributed by atoms with Gasteiger partial charge in [-0.1, -0.05) is 48.6 Å². The maximum atomic E-state index is 13.8. The van der Waals surface area contributed by atoms with Crippen LogP contribution in [0.4, 0.5) is 0 Å². The van der Waals surface area contributed by atoms with E-state index >= 15 is 0 Å². The fourth-order valence-electron chi connectivity index (χ4n) is 5.12. The maximum Gasteiger partial charge on any atom is 0.254 e. The Kier molecular flexibility index (Phi) is 7.65. The van der Waals surface area contributed by atoms with Crippen LogP contribution in [-0.2, 0) is 10.3 Å². The van der Waals surface area contributed by atoms with Crippen molar-refractivity contribution in [3.05, 3.63) is 71.5 Å². The quantitative estimate of drug-likeness (QED) is 0.291. The molecular formula is C26H36N4O3. The van der Waals surface area contributed by atoms with Crippen molar-refractivity contribution in [2.24, 2.45) is 11.7 Å². The van der Waals surface area contributed by atoms with Crippen LogP contribution in [0.25, 0.3) is 0 Å². The number of carbonyl (C=O) groups excluding carboxylic acids is 1. The van der Waals surface area contributed by atoms with Gasteiger partial charge in [-0.3, -0.25) is 21.2 Å². The number of aliphatic hydroxyl groups is 2. The van der Waals surface area contributed by atoms with E-state index in [2.05, 4.69) is 16.7 Å². The van der Waals surface area contributed by atoms with E-state index in [-0.39, 0.29) is 11.8 Å². The van der Waals surface area contributed by atoms with E-state index in [1.165, 1.54) is 0 Å². The molecule has 0 radical (unpaired) electrons. The van der Waals surface area contributed by atoms with Crippen molar-refractivity contribution in [3.63, 3.8) is 0 Å². The molecule has 7 nitrogen and oxygen atoms in total. The van der Waals surface area contributed by atoms with Crippen molar-refractivity contribution in [1.29, 1.82) is 0 Å². The Labute approximate surface area is 196 Å². The Morgan fingerprint density at radius 3 is 2.76 bits per heavy atom. The molecule has 178 valence electrons. The fraction of sp³-hybridized carbons (Fsp3) is 0.500. The Morgan fingerprint density at radius 2 is 2.06 bits per heavy atom. The number of hydrogen-bond acceptors (Lipinski definition) is 6. The number of nitrogens with zero attached hydrogens (tertiary/aromatic N) is 1. The summed E-state index contributed by atoms with van der Waals surface area (Å²) in [7, 11) is 0. The van der Waals surface area contributed by atoms with E-state index in [1.807, 2.05) is 42.5 Å². The minimum absolute atomic E-state index is 0.00421. The summed E-state index contributed by atoms with van der Waals surface area (Å²) < 4.78 is 0. The summed E-state index contributed by atoms with van der Waals surface area (Å²) >= 11 is 0. The summed E-state index contributed by atoms with van der Waals surface area (Å²) in [6, 6.07) is 9.86. The van der Waals surface area contributed by atoms with Gasteiger partial charge in [0, 0.05) is 18.9 Å². The molecule has 1 saturated heterocycles. The molecule has 0 saturated carbocycles. The first-order valence-corrected chi connectivity index (χ1v) is 12.1. The SMILES string of the molecule is NC1NC(C2=CC=CCC2)(c2ccccc2)C(=O)N1CCCCNC(O)C1CC=C(O)CC1. The molecule has 1 heterocycles. The Bertz CT molecular complexity index is 913. The summed E-state index contributed by atoms with van der Waals surface area (Å²) in [5.41, 5.74) is 7.49. The first-order valence-electron chi connectivity index (χ1n) is 12.1. The predicted octanol–water partition coefficient (Wildman–Crippen LogP) is 2.76. The van der Waals surface area contributed by atoms with Crippen LogP contribution in [0.15, 0.2) is 66.0 Å². The summed E-state index contributed by atoms with van der Waals surface area (Å²) in [6.07, 6.45) is 12.3. The van der Waals surface area contributed by atoms with Crippen molar-refractivity contribution < 1.29 is 15.0 Å². The molecule has 4 rings (SSSR count). The second-order valence-electron chi connectivity index (χ2n) is 9.20. The van der Waals surface area contributed by atoms with E-state index in [0.29, 0.717) is 31.7 Å². The van der Waals surface area contributed by atoms with Crippen molar-refractivity contribution in [1.82, 2.24) is 15.5 Å². The third-order valence-electron chi connectivity index (χ3n) is 7.04. The lowest BCUT2D eigenvalue weighted by atomic mass is 9.78. The third-order valence-corrected chi connectivity index (χ3v) is 7.04. The highest BCUT2D eigenvalue weighted by Gasteiger charge is 2.53. The third kappa shape index (κ3) is 5.06. The van der Waals surface area contributed by atoms with Crippen LogP contribution in [0.3, 0.4) is 0 Å². The van der Waals surface area contributed by atoms with Gasteiger partial charge in [0.2, 0.25) is 0 Å². The largest absolute Gasteiger partial charge is 0.513 e. The van der Waals surface area contributed by atoms with E-state index in [4.69, 9.17) is 5.73 Å². The molecule has 1 aromatic rings. The average Bonchev–Trinajstić information content (AvgIpc) is 3.11. The molecule has 0 spiro atoms. The minimum atomic E-state index is -0.917. The number of carbonyl (C=O) groups is 1. The number of allylic oxidation sites excluding steroid dienone is 5. The highest BCUT2D eigenvalue weighted by atomic mass is 16.3. The van der Waals surface area contributed by atoms with Gasteiger partial charge in [0.1, 0.15) is 18.1 Å². The summed E-state index contributed by atoms with van der Waals surface area (Å²) in [6.45, 7) is 1.22. The number of rotatable bonds is 9. The zero-order chi connectivity index (χ0) is 23.3. The van der Waals surface area contributed by atoms with Gasteiger partial charge in [-0.15, -0.1) is 0 Å². The van der Waals surface area contributed by atoms with Gasteiger partial charge in [0.05, 0.1) is 5.76 Å². The number of hydrogen-bond donors (Lipinski definition) is 5. The van der Waals surface area contributed by atoms with E-state index in [9.17, 15) is 15.0 Å². The highest BCUT2D eigenvalue weighted by Crippen LogP contribution is 2.39.